The summed E-state index contributed by atoms with van der Waals surface area (Å²) in [7, 11) is 0. The van der Waals surface area contributed by atoms with Gasteiger partial charge in [0, 0.05) is 24.5 Å². The van der Waals surface area contributed by atoms with Crippen LogP contribution >= 0.6 is 0 Å². The minimum absolute atomic E-state index is 0.366. The molecule has 20 heavy (non-hydrogen) atoms. The second-order valence-corrected chi connectivity index (χ2v) is 5.74. The molecule has 1 heterocycles. The van der Waals surface area contributed by atoms with Gasteiger partial charge >= 0.3 is 0 Å². The number of nitrogen functional groups attached to an aromatic ring is 1. The Hall–Kier alpha value is -1.73. The van der Waals surface area contributed by atoms with Crippen molar-refractivity contribution in [3.8, 4) is 6.07 Å². The fourth-order valence-corrected chi connectivity index (χ4v) is 2.72. The highest BCUT2D eigenvalue weighted by atomic mass is 15.1. The highest BCUT2D eigenvalue weighted by Crippen LogP contribution is 2.19. The van der Waals surface area contributed by atoms with Gasteiger partial charge in [0.15, 0.2) is 0 Å². The van der Waals surface area contributed by atoms with Gasteiger partial charge in [0.05, 0.1) is 12.5 Å². The molecule has 2 rings (SSSR count). The minimum Gasteiger partial charge on any atom is -0.398 e. The summed E-state index contributed by atoms with van der Waals surface area (Å²) < 4.78 is 0. The molecule has 1 aliphatic rings. The lowest BCUT2D eigenvalue weighted by Gasteiger charge is -2.21. The topological polar surface area (TPSA) is 65.1 Å². The van der Waals surface area contributed by atoms with E-state index in [1.165, 1.54) is 25.9 Å². The van der Waals surface area contributed by atoms with E-state index in [9.17, 15) is 0 Å². The summed E-state index contributed by atoms with van der Waals surface area (Å²) >= 11 is 0. The van der Waals surface area contributed by atoms with Crippen LogP contribution in [0.5, 0.6) is 0 Å². The molecule has 0 bridgehead atoms. The number of nitrogens with two attached hydrogens (primary N) is 1. The Morgan fingerprint density at radius 1 is 1.40 bits per heavy atom. The van der Waals surface area contributed by atoms with Crippen molar-refractivity contribution < 1.29 is 0 Å². The SMILES string of the molecule is CC(CNc1ccc(N)c(CC#N)c1)CN1CCCC1. The summed E-state index contributed by atoms with van der Waals surface area (Å²) in [6.45, 7) is 6.88. The summed E-state index contributed by atoms with van der Waals surface area (Å²) in [5, 5.41) is 12.2. The molecule has 1 aromatic rings. The summed E-state index contributed by atoms with van der Waals surface area (Å²) in [6, 6.07) is 8.00. The monoisotopic (exact) mass is 272 g/mol. The zero-order valence-electron chi connectivity index (χ0n) is 12.2. The smallest absolute Gasteiger partial charge is 0.0670 e. The summed E-state index contributed by atoms with van der Waals surface area (Å²) in [4.78, 5) is 2.54. The molecule has 3 N–H and O–H groups in total. The molecular weight excluding hydrogens is 248 g/mol. The van der Waals surface area contributed by atoms with Crippen LogP contribution in [0.4, 0.5) is 11.4 Å². The number of hydrogen-bond acceptors (Lipinski definition) is 4. The molecule has 0 radical (unpaired) electrons. The zero-order valence-corrected chi connectivity index (χ0v) is 12.2. The van der Waals surface area contributed by atoms with Crippen LogP contribution in [0, 0.1) is 17.2 Å². The standard InChI is InChI=1S/C16H24N4/c1-13(12-20-8-2-3-9-20)11-19-15-4-5-16(18)14(10-15)6-7-17/h4-5,10,13,19H,2-3,6,8-9,11-12,18H2,1H3. The average molecular weight is 272 g/mol. The number of anilines is 2. The van der Waals surface area contributed by atoms with Crippen LogP contribution in [-0.4, -0.2) is 31.1 Å². The molecule has 1 unspecified atom stereocenters. The fraction of sp³-hybridized carbons (Fsp3) is 0.562. The molecule has 0 aromatic heterocycles. The first-order valence-corrected chi connectivity index (χ1v) is 7.40. The first-order chi connectivity index (χ1) is 9.69. The maximum atomic E-state index is 8.78. The lowest BCUT2D eigenvalue weighted by atomic mass is 10.1. The van der Waals surface area contributed by atoms with Gasteiger partial charge in [0.2, 0.25) is 0 Å². The van der Waals surface area contributed by atoms with E-state index in [0.29, 0.717) is 18.0 Å². The summed E-state index contributed by atoms with van der Waals surface area (Å²) in [5.74, 6) is 0.616. The van der Waals surface area contributed by atoms with Crippen LogP contribution in [0.1, 0.15) is 25.3 Å². The van der Waals surface area contributed by atoms with E-state index in [0.717, 1.165) is 24.3 Å². The predicted molar refractivity (Wildman–Crippen MR) is 83.5 cm³/mol. The molecule has 0 aliphatic carbocycles. The molecule has 0 amide bonds. The molecule has 1 saturated heterocycles. The first kappa shape index (κ1) is 14.7. The Bertz CT molecular complexity index is 472. The maximum absolute atomic E-state index is 8.78. The van der Waals surface area contributed by atoms with Crippen LogP contribution in [0.25, 0.3) is 0 Å². The number of rotatable bonds is 6. The third kappa shape index (κ3) is 4.14. The summed E-state index contributed by atoms with van der Waals surface area (Å²) in [5.41, 5.74) is 8.51. The Kier molecular flexibility index (Phi) is 5.25. The van der Waals surface area contributed by atoms with Gasteiger partial charge in [0.25, 0.3) is 0 Å². The van der Waals surface area contributed by atoms with Crippen LogP contribution in [0.3, 0.4) is 0 Å². The van der Waals surface area contributed by atoms with Crippen molar-refractivity contribution in [2.24, 2.45) is 5.92 Å². The van der Waals surface area contributed by atoms with Crippen molar-refractivity contribution in [2.75, 3.05) is 37.2 Å². The third-order valence-corrected chi connectivity index (χ3v) is 3.84. The van der Waals surface area contributed by atoms with Gasteiger partial charge in [-0.15, -0.1) is 0 Å². The van der Waals surface area contributed by atoms with E-state index in [1.54, 1.807) is 0 Å². The van der Waals surface area contributed by atoms with Crippen LogP contribution in [0.15, 0.2) is 18.2 Å². The minimum atomic E-state index is 0.366. The van der Waals surface area contributed by atoms with Gasteiger partial charge in [-0.05, 0) is 55.6 Å². The number of nitrogens with zero attached hydrogens (tertiary/aromatic N) is 2. The van der Waals surface area contributed by atoms with Crippen LogP contribution in [0.2, 0.25) is 0 Å². The van der Waals surface area contributed by atoms with Crippen molar-refractivity contribution in [3.63, 3.8) is 0 Å². The molecule has 4 nitrogen and oxygen atoms in total. The van der Waals surface area contributed by atoms with Crippen LogP contribution < -0.4 is 11.1 Å². The Morgan fingerprint density at radius 3 is 2.85 bits per heavy atom. The lowest BCUT2D eigenvalue weighted by Crippen LogP contribution is -2.28. The quantitative estimate of drug-likeness (QED) is 0.781. The highest BCUT2D eigenvalue weighted by molar-refractivity contribution is 5.58. The Morgan fingerprint density at radius 2 is 2.15 bits per heavy atom. The predicted octanol–water partition coefficient (Wildman–Crippen LogP) is 2.48. The van der Waals surface area contributed by atoms with Gasteiger partial charge in [0.1, 0.15) is 0 Å². The molecule has 0 spiro atoms. The average Bonchev–Trinajstić information content (AvgIpc) is 2.93. The second-order valence-electron chi connectivity index (χ2n) is 5.74. The second kappa shape index (κ2) is 7.16. The first-order valence-electron chi connectivity index (χ1n) is 7.40. The summed E-state index contributed by atoms with van der Waals surface area (Å²) in [6.07, 6.45) is 3.05. The van der Waals surface area contributed by atoms with Gasteiger partial charge in [-0.2, -0.15) is 5.26 Å². The van der Waals surface area contributed by atoms with E-state index in [-0.39, 0.29) is 0 Å². The van der Waals surface area contributed by atoms with Crippen molar-refractivity contribution in [2.45, 2.75) is 26.2 Å². The molecule has 108 valence electrons. The molecule has 1 aliphatic heterocycles. The lowest BCUT2D eigenvalue weighted by molar-refractivity contribution is 0.294. The molecule has 4 heteroatoms. The van der Waals surface area contributed by atoms with Gasteiger partial charge in [-0.1, -0.05) is 6.92 Å². The van der Waals surface area contributed by atoms with E-state index >= 15 is 0 Å². The largest absolute Gasteiger partial charge is 0.398 e. The number of hydrogen-bond donors (Lipinski definition) is 2. The fourth-order valence-electron chi connectivity index (χ4n) is 2.72. The molecule has 1 atom stereocenters. The van der Waals surface area contributed by atoms with Crippen molar-refractivity contribution >= 4 is 11.4 Å². The molecular formula is C16H24N4. The van der Waals surface area contributed by atoms with E-state index in [1.807, 2.05) is 18.2 Å². The Labute approximate surface area is 121 Å². The van der Waals surface area contributed by atoms with Gasteiger partial charge in [-0.25, -0.2) is 0 Å². The number of benzene rings is 1. The van der Waals surface area contributed by atoms with E-state index < -0.39 is 0 Å². The number of likely N-dealkylation sites (tertiary alicyclic amines) is 1. The van der Waals surface area contributed by atoms with Crippen molar-refractivity contribution in [1.82, 2.24) is 4.90 Å². The van der Waals surface area contributed by atoms with Crippen molar-refractivity contribution in [3.05, 3.63) is 23.8 Å². The normalized spacial score (nSPS) is 16.8. The highest BCUT2D eigenvalue weighted by Gasteiger charge is 2.14. The molecule has 1 fully saturated rings. The van der Waals surface area contributed by atoms with Gasteiger partial charge in [-0.3, -0.25) is 0 Å². The number of nitriles is 1. The maximum Gasteiger partial charge on any atom is 0.0670 e. The van der Waals surface area contributed by atoms with Crippen molar-refractivity contribution in [1.29, 1.82) is 5.26 Å². The zero-order chi connectivity index (χ0) is 14.4. The molecule has 0 saturated carbocycles. The Balaban J connectivity index is 1.83. The third-order valence-electron chi connectivity index (χ3n) is 3.84. The van der Waals surface area contributed by atoms with E-state index in [4.69, 9.17) is 11.0 Å². The molecule has 1 aromatic carbocycles. The van der Waals surface area contributed by atoms with Gasteiger partial charge < -0.3 is 16.0 Å². The van der Waals surface area contributed by atoms with E-state index in [2.05, 4.69) is 23.2 Å². The van der Waals surface area contributed by atoms with Crippen LogP contribution in [-0.2, 0) is 6.42 Å². The number of nitrogens with one attached hydrogen (secondary N) is 1.